The van der Waals surface area contributed by atoms with E-state index in [1.807, 2.05) is 22.5 Å². The van der Waals surface area contributed by atoms with Crippen molar-refractivity contribution in [2.24, 2.45) is 0 Å². The molecule has 0 spiro atoms. The molecule has 1 N–H and O–H groups in total. The first-order chi connectivity index (χ1) is 6.77. The van der Waals surface area contributed by atoms with Crippen LogP contribution >= 0.6 is 24.0 Å². The maximum atomic E-state index is 11.0. The second-order valence-corrected chi connectivity index (χ2v) is 4.97. The Bertz CT molecular complexity index is 417. The highest BCUT2D eigenvalue weighted by Crippen LogP contribution is 2.26. The lowest BCUT2D eigenvalue weighted by molar-refractivity contribution is 0.455. The topological polar surface area (TPSA) is 37.8 Å². The molecule has 1 aromatic rings. The number of hydrogen-bond donors (Lipinski definition) is 1. The van der Waals surface area contributed by atoms with Crippen LogP contribution in [0.3, 0.4) is 0 Å². The Kier molecular flexibility index (Phi) is 3.08. The summed E-state index contributed by atoms with van der Waals surface area (Å²) in [5, 5.41) is 0. The van der Waals surface area contributed by atoms with Gasteiger partial charge in [-0.25, -0.2) is 0 Å². The summed E-state index contributed by atoms with van der Waals surface area (Å²) in [6, 6.07) is 2.01. The van der Waals surface area contributed by atoms with Crippen molar-refractivity contribution in [3.05, 3.63) is 27.4 Å². The van der Waals surface area contributed by atoms with Crippen molar-refractivity contribution in [3.8, 4) is 0 Å². The van der Waals surface area contributed by atoms with Gasteiger partial charge in [-0.15, -0.1) is 0 Å². The van der Waals surface area contributed by atoms with Gasteiger partial charge in [0.15, 0.2) is 4.77 Å². The lowest BCUT2D eigenvalue weighted by Gasteiger charge is -2.23. The monoisotopic (exact) mass is 228 g/mol. The molecular formula is C9H12N2OS2. The molecule has 2 heterocycles. The molecule has 1 aliphatic rings. The van der Waals surface area contributed by atoms with Crippen LogP contribution in [0.15, 0.2) is 17.1 Å². The minimum Gasteiger partial charge on any atom is -0.322 e. The Morgan fingerprint density at radius 2 is 2.21 bits per heavy atom. The van der Waals surface area contributed by atoms with Crippen molar-refractivity contribution >= 4 is 24.0 Å². The van der Waals surface area contributed by atoms with Crippen LogP contribution in [0, 0.1) is 4.77 Å². The van der Waals surface area contributed by atoms with E-state index in [9.17, 15) is 4.79 Å². The van der Waals surface area contributed by atoms with Crippen LogP contribution in [0.25, 0.3) is 0 Å². The Morgan fingerprint density at radius 3 is 2.86 bits per heavy atom. The molecule has 3 nitrogen and oxygen atoms in total. The molecule has 1 aliphatic heterocycles. The van der Waals surface area contributed by atoms with Gasteiger partial charge in [0, 0.05) is 18.3 Å². The number of nitrogens with zero attached hydrogens (tertiary/aromatic N) is 1. The molecule has 0 saturated carbocycles. The molecule has 0 aromatic carbocycles. The van der Waals surface area contributed by atoms with E-state index in [1.165, 1.54) is 17.6 Å². The molecule has 0 bridgehead atoms. The van der Waals surface area contributed by atoms with Crippen LogP contribution in [-0.2, 0) is 0 Å². The van der Waals surface area contributed by atoms with E-state index in [0.717, 1.165) is 12.8 Å². The maximum absolute atomic E-state index is 11.0. The average molecular weight is 228 g/mol. The lowest BCUT2D eigenvalue weighted by Crippen LogP contribution is -2.19. The fraction of sp³-hybridized carbons (Fsp3) is 0.556. The summed E-state index contributed by atoms with van der Waals surface area (Å²) in [5.74, 6) is 2.37. The molecule has 1 aromatic heterocycles. The van der Waals surface area contributed by atoms with E-state index in [1.54, 1.807) is 0 Å². The summed E-state index contributed by atoms with van der Waals surface area (Å²) in [5.41, 5.74) is -0.114. The Hall–Kier alpha value is -0.550. The van der Waals surface area contributed by atoms with E-state index < -0.39 is 0 Å². The van der Waals surface area contributed by atoms with Gasteiger partial charge in [0.05, 0.1) is 0 Å². The van der Waals surface area contributed by atoms with E-state index in [4.69, 9.17) is 12.2 Å². The molecule has 5 heteroatoms. The molecule has 1 saturated heterocycles. The highest BCUT2D eigenvalue weighted by Gasteiger charge is 2.15. The Morgan fingerprint density at radius 1 is 1.50 bits per heavy atom. The van der Waals surface area contributed by atoms with Crippen molar-refractivity contribution in [1.82, 2.24) is 9.55 Å². The van der Waals surface area contributed by atoms with Gasteiger partial charge >= 0.3 is 0 Å². The number of H-pyrrole nitrogens is 1. The van der Waals surface area contributed by atoms with Gasteiger partial charge in [0.25, 0.3) is 5.56 Å². The molecule has 0 aliphatic carbocycles. The highest BCUT2D eigenvalue weighted by atomic mass is 32.2. The third-order valence-corrected chi connectivity index (χ3v) is 3.80. The van der Waals surface area contributed by atoms with Gasteiger partial charge in [-0.2, -0.15) is 11.8 Å². The molecule has 0 radical (unpaired) electrons. The zero-order chi connectivity index (χ0) is 9.97. The van der Waals surface area contributed by atoms with Crippen molar-refractivity contribution in [1.29, 1.82) is 0 Å². The first-order valence-electron chi connectivity index (χ1n) is 4.66. The van der Waals surface area contributed by atoms with Crippen LogP contribution in [0.4, 0.5) is 0 Å². The molecule has 0 atom stereocenters. The number of thioether (sulfide) groups is 1. The standard InChI is InChI=1S/C9H12N2OS2/c12-8-1-4-11(9(13)10-8)7-2-5-14-6-3-7/h1,4,7H,2-3,5-6H2,(H,10,12,13). The van der Waals surface area contributed by atoms with Crippen LogP contribution < -0.4 is 5.56 Å². The highest BCUT2D eigenvalue weighted by molar-refractivity contribution is 7.99. The lowest BCUT2D eigenvalue weighted by atomic mass is 10.1. The van der Waals surface area contributed by atoms with Gasteiger partial charge in [-0.3, -0.25) is 9.78 Å². The van der Waals surface area contributed by atoms with Crippen LogP contribution in [0.1, 0.15) is 18.9 Å². The Labute approximate surface area is 91.5 Å². The second kappa shape index (κ2) is 4.31. The zero-order valence-corrected chi connectivity index (χ0v) is 9.37. The number of rotatable bonds is 1. The fourth-order valence-corrected chi connectivity index (χ4v) is 3.07. The van der Waals surface area contributed by atoms with Crippen molar-refractivity contribution < 1.29 is 0 Å². The van der Waals surface area contributed by atoms with E-state index in [0.29, 0.717) is 10.8 Å². The molecule has 0 amide bonds. The van der Waals surface area contributed by atoms with Crippen LogP contribution in [-0.4, -0.2) is 21.1 Å². The summed E-state index contributed by atoms with van der Waals surface area (Å²) in [6.07, 6.45) is 4.10. The van der Waals surface area contributed by atoms with E-state index in [2.05, 4.69) is 4.98 Å². The van der Waals surface area contributed by atoms with Gasteiger partial charge < -0.3 is 4.57 Å². The molecule has 2 rings (SSSR count). The molecular weight excluding hydrogens is 216 g/mol. The largest absolute Gasteiger partial charge is 0.322 e. The summed E-state index contributed by atoms with van der Waals surface area (Å²) in [6.45, 7) is 0. The average Bonchev–Trinajstić information content (AvgIpc) is 2.19. The molecule has 1 fully saturated rings. The van der Waals surface area contributed by atoms with Gasteiger partial charge in [-0.1, -0.05) is 0 Å². The number of aromatic nitrogens is 2. The summed E-state index contributed by atoms with van der Waals surface area (Å²) < 4.78 is 2.56. The van der Waals surface area contributed by atoms with Crippen LogP contribution in [0.2, 0.25) is 0 Å². The third kappa shape index (κ3) is 2.09. The number of nitrogens with one attached hydrogen (secondary N) is 1. The second-order valence-electron chi connectivity index (χ2n) is 3.36. The van der Waals surface area contributed by atoms with Gasteiger partial charge in [0.2, 0.25) is 0 Å². The van der Waals surface area contributed by atoms with Crippen LogP contribution in [0.5, 0.6) is 0 Å². The number of aromatic amines is 1. The predicted molar refractivity (Wildman–Crippen MR) is 61.5 cm³/mol. The van der Waals surface area contributed by atoms with E-state index >= 15 is 0 Å². The Balaban J connectivity index is 2.31. The fourth-order valence-electron chi connectivity index (χ4n) is 1.68. The molecule has 14 heavy (non-hydrogen) atoms. The smallest absolute Gasteiger partial charge is 0.251 e. The third-order valence-electron chi connectivity index (χ3n) is 2.44. The van der Waals surface area contributed by atoms with E-state index in [-0.39, 0.29) is 5.56 Å². The summed E-state index contributed by atoms with van der Waals surface area (Å²) in [7, 11) is 0. The summed E-state index contributed by atoms with van der Waals surface area (Å²) >= 11 is 7.10. The molecule has 76 valence electrons. The predicted octanol–water partition coefficient (Wildman–Crippen LogP) is 1.97. The minimum atomic E-state index is -0.114. The van der Waals surface area contributed by atoms with Crippen molar-refractivity contribution in [3.63, 3.8) is 0 Å². The first kappa shape index (κ1) is 9.98. The van der Waals surface area contributed by atoms with Crippen molar-refractivity contribution in [2.45, 2.75) is 18.9 Å². The SMILES string of the molecule is O=c1ccn(C2CCSCC2)c(=S)[nH]1. The number of hydrogen-bond acceptors (Lipinski definition) is 3. The quantitative estimate of drug-likeness (QED) is 0.747. The normalized spacial score (nSPS) is 18.3. The first-order valence-corrected chi connectivity index (χ1v) is 6.23. The summed E-state index contributed by atoms with van der Waals surface area (Å²) in [4.78, 5) is 13.6. The zero-order valence-electron chi connectivity index (χ0n) is 7.73. The van der Waals surface area contributed by atoms with Gasteiger partial charge in [-0.05, 0) is 36.6 Å². The molecule has 0 unspecified atom stereocenters. The van der Waals surface area contributed by atoms with Gasteiger partial charge in [0.1, 0.15) is 0 Å². The van der Waals surface area contributed by atoms with Crippen molar-refractivity contribution in [2.75, 3.05) is 11.5 Å². The minimum absolute atomic E-state index is 0.114. The maximum Gasteiger partial charge on any atom is 0.251 e.